The van der Waals surface area contributed by atoms with Gasteiger partial charge >= 0.3 is 5.97 Å². The largest absolute Gasteiger partial charge is 0.465 e. The maximum Gasteiger partial charge on any atom is 0.337 e. The molecular formula is C23H28N2O3. The molecule has 0 spiro atoms. The van der Waals surface area contributed by atoms with E-state index in [1.165, 1.54) is 18.2 Å². The van der Waals surface area contributed by atoms with Crippen LogP contribution in [0.2, 0.25) is 0 Å². The number of benzene rings is 2. The van der Waals surface area contributed by atoms with Crippen molar-refractivity contribution in [3.63, 3.8) is 0 Å². The van der Waals surface area contributed by atoms with Crippen LogP contribution in [0.5, 0.6) is 0 Å². The number of esters is 1. The van der Waals surface area contributed by atoms with Gasteiger partial charge in [-0.1, -0.05) is 35.9 Å². The molecule has 0 aromatic heterocycles. The maximum atomic E-state index is 12.4. The van der Waals surface area contributed by atoms with Crippen molar-refractivity contribution in [3.8, 4) is 0 Å². The lowest BCUT2D eigenvalue weighted by Gasteiger charge is -2.32. The topological polar surface area (TPSA) is 58.6 Å². The van der Waals surface area contributed by atoms with E-state index in [2.05, 4.69) is 41.4 Å². The number of carbonyl (C=O) groups excluding carboxylic acids is 2. The lowest BCUT2D eigenvalue weighted by atomic mass is 9.96. The summed E-state index contributed by atoms with van der Waals surface area (Å²) in [5.41, 5.74) is 3.51. The van der Waals surface area contributed by atoms with Gasteiger partial charge in [0.1, 0.15) is 0 Å². The van der Waals surface area contributed by atoms with Gasteiger partial charge in [-0.05, 0) is 62.5 Å². The third kappa shape index (κ3) is 5.42. The van der Waals surface area contributed by atoms with E-state index in [1.54, 1.807) is 24.3 Å². The van der Waals surface area contributed by atoms with E-state index >= 15 is 0 Å². The van der Waals surface area contributed by atoms with Crippen LogP contribution in [0.15, 0.2) is 48.5 Å². The number of methoxy groups -OCH3 is 1. The Morgan fingerprint density at radius 1 is 1.07 bits per heavy atom. The van der Waals surface area contributed by atoms with Crippen molar-refractivity contribution in [1.82, 2.24) is 10.2 Å². The number of aryl methyl sites for hydroxylation is 1. The van der Waals surface area contributed by atoms with E-state index in [9.17, 15) is 9.59 Å². The van der Waals surface area contributed by atoms with Crippen LogP contribution in [0.3, 0.4) is 0 Å². The second kappa shape index (κ2) is 9.51. The molecule has 2 aromatic rings. The fourth-order valence-electron chi connectivity index (χ4n) is 3.54. The van der Waals surface area contributed by atoms with Gasteiger partial charge in [-0.15, -0.1) is 0 Å². The van der Waals surface area contributed by atoms with Crippen LogP contribution < -0.4 is 5.32 Å². The molecule has 0 atom stereocenters. The van der Waals surface area contributed by atoms with Crippen molar-refractivity contribution < 1.29 is 14.3 Å². The minimum atomic E-state index is -0.435. The summed E-state index contributed by atoms with van der Waals surface area (Å²) in [6, 6.07) is 15.3. The standard InChI is InChI=1S/C23H28N2O3/c1-17-6-8-19(9-7-17)16-25-12-10-18(11-13-25)15-24-22(26)20-4-3-5-21(14-20)23(27)28-2/h3-9,14,18H,10-13,15-16H2,1-2H3,(H,24,26). The molecule has 1 aliphatic rings. The lowest BCUT2D eigenvalue weighted by Crippen LogP contribution is -2.38. The van der Waals surface area contributed by atoms with E-state index in [0.29, 0.717) is 23.6 Å². The molecule has 1 fully saturated rings. The van der Waals surface area contributed by atoms with Crippen molar-refractivity contribution in [2.75, 3.05) is 26.7 Å². The first-order valence-corrected chi connectivity index (χ1v) is 9.79. The molecule has 1 aliphatic heterocycles. The number of hydrogen-bond acceptors (Lipinski definition) is 4. The normalized spacial score (nSPS) is 15.2. The van der Waals surface area contributed by atoms with Crippen LogP contribution in [-0.2, 0) is 11.3 Å². The first-order valence-electron chi connectivity index (χ1n) is 9.79. The molecule has 0 aliphatic carbocycles. The van der Waals surface area contributed by atoms with Crippen LogP contribution >= 0.6 is 0 Å². The number of carbonyl (C=O) groups is 2. The Morgan fingerprint density at radius 3 is 2.43 bits per heavy atom. The Hall–Kier alpha value is -2.66. The highest BCUT2D eigenvalue weighted by molar-refractivity contribution is 5.97. The smallest absolute Gasteiger partial charge is 0.337 e. The second-order valence-electron chi connectivity index (χ2n) is 7.49. The summed E-state index contributed by atoms with van der Waals surface area (Å²) in [5.74, 6) is -0.0922. The van der Waals surface area contributed by atoms with Crippen LogP contribution in [0.4, 0.5) is 0 Å². The van der Waals surface area contributed by atoms with E-state index in [1.807, 2.05) is 0 Å². The molecule has 1 amide bonds. The average molecular weight is 380 g/mol. The number of nitrogens with one attached hydrogen (secondary N) is 1. The van der Waals surface area contributed by atoms with Gasteiger partial charge in [0, 0.05) is 18.7 Å². The van der Waals surface area contributed by atoms with Crippen molar-refractivity contribution in [1.29, 1.82) is 0 Å². The number of likely N-dealkylation sites (tertiary alicyclic amines) is 1. The lowest BCUT2D eigenvalue weighted by molar-refractivity contribution is 0.0600. The van der Waals surface area contributed by atoms with Gasteiger partial charge < -0.3 is 10.1 Å². The van der Waals surface area contributed by atoms with Crippen LogP contribution in [0.25, 0.3) is 0 Å². The SMILES string of the molecule is COC(=O)c1cccc(C(=O)NCC2CCN(Cc3ccc(C)cc3)CC2)c1. The van der Waals surface area contributed by atoms with Crippen molar-refractivity contribution in [2.24, 2.45) is 5.92 Å². The number of hydrogen-bond donors (Lipinski definition) is 1. The first-order chi connectivity index (χ1) is 13.5. The zero-order valence-electron chi connectivity index (χ0n) is 16.6. The minimum absolute atomic E-state index is 0.146. The molecule has 2 aromatic carbocycles. The summed E-state index contributed by atoms with van der Waals surface area (Å²) in [5, 5.41) is 3.01. The molecule has 1 heterocycles. The van der Waals surface area contributed by atoms with Gasteiger partial charge in [-0.25, -0.2) is 4.79 Å². The van der Waals surface area contributed by atoms with Gasteiger partial charge in [0.25, 0.3) is 5.91 Å². The maximum absolute atomic E-state index is 12.4. The highest BCUT2D eigenvalue weighted by Gasteiger charge is 2.20. The van der Waals surface area contributed by atoms with E-state index in [4.69, 9.17) is 4.74 Å². The molecule has 3 rings (SSSR count). The Morgan fingerprint density at radius 2 is 1.75 bits per heavy atom. The number of rotatable bonds is 6. The molecule has 1 saturated heterocycles. The number of amides is 1. The molecule has 0 radical (unpaired) electrons. The van der Waals surface area contributed by atoms with E-state index < -0.39 is 5.97 Å². The van der Waals surface area contributed by atoms with Gasteiger partial charge in [0.05, 0.1) is 12.7 Å². The summed E-state index contributed by atoms with van der Waals surface area (Å²) in [6.45, 7) is 5.85. The van der Waals surface area contributed by atoms with E-state index in [-0.39, 0.29) is 5.91 Å². The molecule has 28 heavy (non-hydrogen) atoms. The first kappa shape index (κ1) is 20.1. The fraction of sp³-hybridized carbons (Fsp3) is 0.391. The molecule has 0 saturated carbocycles. The number of nitrogens with zero attached hydrogens (tertiary/aromatic N) is 1. The minimum Gasteiger partial charge on any atom is -0.465 e. The summed E-state index contributed by atoms with van der Waals surface area (Å²) >= 11 is 0. The predicted octanol–water partition coefficient (Wildman–Crippen LogP) is 3.42. The molecule has 0 bridgehead atoms. The summed E-state index contributed by atoms with van der Waals surface area (Å²) < 4.78 is 4.71. The van der Waals surface area contributed by atoms with Gasteiger partial charge in [-0.2, -0.15) is 0 Å². The molecule has 1 N–H and O–H groups in total. The quantitative estimate of drug-likeness (QED) is 0.780. The summed E-state index contributed by atoms with van der Waals surface area (Å²) in [6.07, 6.45) is 2.16. The average Bonchev–Trinajstić information content (AvgIpc) is 2.74. The second-order valence-corrected chi connectivity index (χ2v) is 7.49. The zero-order chi connectivity index (χ0) is 19.9. The molecule has 5 nitrogen and oxygen atoms in total. The zero-order valence-corrected chi connectivity index (χ0v) is 16.6. The number of piperidine rings is 1. The highest BCUT2D eigenvalue weighted by atomic mass is 16.5. The fourth-order valence-corrected chi connectivity index (χ4v) is 3.54. The van der Waals surface area contributed by atoms with Gasteiger partial charge in [0.2, 0.25) is 0 Å². The molecule has 0 unspecified atom stereocenters. The Balaban J connectivity index is 1.44. The van der Waals surface area contributed by atoms with Gasteiger partial charge in [-0.3, -0.25) is 9.69 Å². The Kier molecular flexibility index (Phi) is 6.82. The molecule has 5 heteroatoms. The monoisotopic (exact) mass is 380 g/mol. The third-order valence-corrected chi connectivity index (χ3v) is 5.33. The van der Waals surface area contributed by atoms with Crippen LogP contribution in [0.1, 0.15) is 44.7 Å². The van der Waals surface area contributed by atoms with Gasteiger partial charge in [0.15, 0.2) is 0 Å². The van der Waals surface area contributed by atoms with Crippen molar-refractivity contribution >= 4 is 11.9 Å². The molecular weight excluding hydrogens is 352 g/mol. The van der Waals surface area contributed by atoms with Crippen molar-refractivity contribution in [3.05, 3.63) is 70.8 Å². The van der Waals surface area contributed by atoms with Crippen molar-refractivity contribution in [2.45, 2.75) is 26.3 Å². The Labute approximate surface area is 166 Å². The third-order valence-electron chi connectivity index (χ3n) is 5.33. The summed E-state index contributed by atoms with van der Waals surface area (Å²) in [4.78, 5) is 26.5. The van der Waals surface area contributed by atoms with E-state index in [0.717, 1.165) is 32.5 Å². The number of ether oxygens (including phenoxy) is 1. The Bertz CT molecular complexity index is 809. The predicted molar refractivity (Wildman–Crippen MR) is 109 cm³/mol. The van der Waals surface area contributed by atoms with Crippen LogP contribution in [0, 0.1) is 12.8 Å². The summed E-state index contributed by atoms with van der Waals surface area (Å²) in [7, 11) is 1.33. The van der Waals surface area contributed by atoms with Crippen LogP contribution in [-0.4, -0.2) is 43.5 Å². The molecule has 148 valence electrons. The highest BCUT2D eigenvalue weighted by Crippen LogP contribution is 2.19.